The van der Waals surface area contributed by atoms with Gasteiger partial charge in [0.1, 0.15) is 6.54 Å². The fourth-order valence-electron chi connectivity index (χ4n) is 4.94. The van der Waals surface area contributed by atoms with Crippen LogP contribution in [0.4, 0.5) is 24.5 Å². The van der Waals surface area contributed by atoms with Crippen LogP contribution in [0.2, 0.25) is 0 Å². The van der Waals surface area contributed by atoms with Gasteiger partial charge in [-0.15, -0.1) is 36.4 Å². The minimum Gasteiger partial charge on any atom is -0.395 e. The van der Waals surface area contributed by atoms with Crippen LogP contribution in [0.25, 0.3) is 0 Å². The molecule has 1 fully saturated rings. The van der Waals surface area contributed by atoms with E-state index in [1.54, 1.807) is 6.07 Å². The summed E-state index contributed by atoms with van der Waals surface area (Å²) in [5, 5.41) is 9.14. The lowest BCUT2D eigenvalue weighted by atomic mass is 10.1. The highest BCUT2D eigenvalue weighted by Crippen LogP contribution is 2.53. The van der Waals surface area contributed by atoms with Crippen LogP contribution in [0.1, 0.15) is 12.0 Å². The molecular formula is C24H32Cl3F3N3OS+. The molecular weight excluding hydrogens is 542 g/mol. The number of piperazine rings is 1. The van der Waals surface area contributed by atoms with Crippen LogP contribution in [0, 0.1) is 0 Å². The molecule has 2 aromatic carbocycles. The maximum absolute atomic E-state index is 13.6. The molecule has 0 aliphatic carbocycles. The van der Waals surface area contributed by atoms with Crippen LogP contribution < -0.4 is 4.48 Å². The topological polar surface area (TPSA) is 26.7 Å². The first-order valence-corrected chi connectivity index (χ1v) is 12.7. The highest BCUT2D eigenvalue weighted by Gasteiger charge is 2.43. The number of para-hydroxylation sites is 1. The van der Waals surface area contributed by atoms with Gasteiger partial charge >= 0.3 is 6.18 Å². The summed E-state index contributed by atoms with van der Waals surface area (Å²) in [4.78, 5) is 6.60. The van der Waals surface area contributed by atoms with Crippen molar-refractivity contribution < 1.29 is 18.3 Å². The first-order valence-electron chi connectivity index (χ1n) is 11.4. The fraction of sp³-hybridized carbons (Fsp3) is 0.500. The van der Waals surface area contributed by atoms with E-state index >= 15 is 0 Å². The number of hydrogen-bond donors (Lipinski definition) is 1. The standard InChI is InChI=1S/C24H30ClF3N3OS.2ClH/c25-8-16-31(15-3-9-29-10-12-30(13-11-29)14-17-32)20-4-1-2-5-22(20)33-23-7-6-19(18-21(23)31)24(26,27)28;;/h1-2,4-7,18,32H,3,8-17H2;2*1H/q+1;;. The molecule has 11 heteroatoms. The van der Waals surface area contributed by atoms with Crippen molar-refractivity contribution in [2.24, 2.45) is 0 Å². The Kier molecular flexibility index (Phi) is 11.5. The Morgan fingerprint density at radius 3 is 2.14 bits per heavy atom. The minimum atomic E-state index is -4.39. The molecule has 1 unspecified atom stereocenters. The molecule has 196 valence electrons. The summed E-state index contributed by atoms with van der Waals surface area (Å²) in [7, 11) is 0. The number of fused-ring (bicyclic) bond motifs is 2. The van der Waals surface area contributed by atoms with Crippen LogP contribution in [-0.4, -0.2) is 79.8 Å². The average Bonchev–Trinajstić information content (AvgIpc) is 2.80. The fourth-order valence-corrected chi connectivity index (χ4v) is 6.43. The third-order valence-electron chi connectivity index (χ3n) is 6.66. The van der Waals surface area contributed by atoms with Gasteiger partial charge in [0.15, 0.2) is 11.4 Å². The first-order chi connectivity index (χ1) is 15.9. The maximum Gasteiger partial charge on any atom is 0.416 e. The van der Waals surface area contributed by atoms with Crippen molar-refractivity contribution >= 4 is 59.6 Å². The monoisotopic (exact) mass is 572 g/mol. The van der Waals surface area contributed by atoms with Gasteiger partial charge in [-0.2, -0.15) is 13.2 Å². The van der Waals surface area contributed by atoms with Gasteiger partial charge in [0.2, 0.25) is 0 Å². The zero-order chi connectivity index (χ0) is 23.5. The van der Waals surface area contributed by atoms with E-state index < -0.39 is 11.7 Å². The molecule has 4 rings (SSSR count). The van der Waals surface area contributed by atoms with Gasteiger partial charge < -0.3 is 10.0 Å². The number of nitrogens with zero attached hydrogens (tertiary/aromatic N) is 3. The predicted octanol–water partition coefficient (Wildman–Crippen LogP) is 5.89. The van der Waals surface area contributed by atoms with Crippen LogP contribution in [-0.2, 0) is 6.18 Å². The number of aliphatic hydroxyl groups excluding tert-OH is 1. The summed E-state index contributed by atoms with van der Waals surface area (Å²) in [5.74, 6) is 0.356. The number of alkyl halides is 4. The van der Waals surface area contributed by atoms with Gasteiger partial charge in [0.25, 0.3) is 0 Å². The first kappa shape index (κ1) is 30.5. The van der Waals surface area contributed by atoms with E-state index in [0.717, 1.165) is 54.6 Å². The molecule has 2 aliphatic heterocycles. The van der Waals surface area contributed by atoms with Gasteiger partial charge in [-0.3, -0.25) is 9.38 Å². The lowest BCUT2D eigenvalue weighted by Crippen LogP contribution is -2.51. The average molecular weight is 574 g/mol. The summed E-state index contributed by atoms with van der Waals surface area (Å²) in [5.41, 5.74) is 1.11. The van der Waals surface area contributed by atoms with Crippen molar-refractivity contribution in [2.45, 2.75) is 22.4 Å². The maximum atomic E-state index is 13.6. The number of rotatable bonds is 8. The van der Waals surface area contributed by atoms with Gasteiger partial charge in [-0.25, -0.2) is 0 Å². The normalized spacial score (nSPS) is 20.4. The molecule has 1 N–H and O–H groups in total. The summed E-state index contributed by atoms with van der Waals surface area (Å²) in [6.45, 7) is 6.74. The second kappa shape index (κ2) is 13.2. The molecule has 0 saturated carbocycles. The summed E-state index contributed by atoms with van der Waals surface area (Å²) in [6, 6.07) is 12.1. The summed E-state index contributed by atoms with van der Waals surface area (Å²) >= 11 is 7.81. The molecule has 0 radical (unpaired) electrons. The van der Waals surface area contributed by atoms with Gasteiger partial charge in [-0.05, 0) is 18.2 Å². The zero-order valence-electron chi connectivity index (χ0n) is 19.3. The van der Waals surface area contributed by atoms with Crippen molar-refractivity contribution in [3.63, 3.8) is 0 Å². The van der Waals surface area contributed by atoms with Gasteiger partial charge in [0.05, 0.1) is 34.4 Å². The SMILES string of the molecule is Cl.Cl.OCCN1CCN(CCC[N+]2(CCCl)c3ccccc3Sc3ccc(C(F)(F)F)cc32)CC1. The second-order valence-corrected chi connectivity index (χ2v) is 10.1. The third kappa shape index (κ3) is 6.79. The minimum absolute atomic E-state index is 0. The molecule has 1 saturated heterocycles. The van der Waals surface area contributed by atoms with Crippen LogP contribution in [0.5, 0.6) is 0 Å². The van der Waals surface area contributed by atoms with Crippen LogP contribution >= 0.6 is 48.2 Å². The molecule has 0 bridgehead atoms. The summed E-state index contributed by atoms with van der Waals surface area (Å²) < 4.78 is 41.2. The van der Waals surface area contributed by atoms with E-state index in [9.17, 15) is 13.2 Å². The molecule has 2 aliphatic rings. The van der Waals surface area contributed by atoms with E-state index in [2.05, 4.69) is 9.80 Å². The second-order valence-electron chi connectivity index (χ2n) is 8.61. The Hall–Kier alpha value is -0.710. The van der Waals surface area contributed by atoms with Crippen molar-refractivity contribution in [1.29, 1.82) is 0 Å². The highest BCUT2D eigenvalue weighted by molar-refractivity contribution is 7.99. The lowest BCUT2D eigenvalue weighted by Gasteiger charge is -2.43. The number of aliphatic hydroxyl groups is 1. The largest absolute Gasteiger partial charge is 0.416 e. The van der Waals surface area contributed by atoms with E-state index in [4.69, 9.17) is 16.7 Å². The number of quaternary nitrogens is 1. The summed E-state index contributed by atoms with van der Waals surface area (Å²) in [6.07, 6.45) is -3.53. The molecule has 2 aromatic rings. The molecule has 2 heterocycles. The van der Waals surface area contributed by atoms with E-state index in [0.29, 0.717) is 35.7 Å². The number of hydrogen-bond acceptors (Lipinski definition) is 4. The predicted molar refractivity (Wildman–Crippen MR) is 143 cm³/mol. The number of β-amino-alcohol motifs (C(OH)–C–C–N with tert-alkyl or cyclic N) is 1. The van der Waals surface area contributed by atoms with Crippen LogP contribution in [0.3, 0.4) is 0 Å². The van der Waals surface area contributed by atoms with Crippen molar-refractivity contribution in [3.8, 4) is 0 Å². The lowest BCUT2D eigenvalue weighted by molar-refractivity contribution is -0.137. The molecule has 0 aromatic heterocycles. The highest BCUT2D eigenvalue weighted by atomic mass is 35.5. The Balaban J connectivity index is 0.00000216. The van der Waals surface area contributed by atoms with Crippen molar-refractivity contribution in [1.82, 2.24) is 14.3 Å². The van der Waals surface area contributed by atoms with Gasteiger partial charge in [0, 0.05) is 57.8 Å². The van der Waals surface area contributed by atoms with E-state index in [-0.39, 0.29) is 31.4 Å². The number of halogens is 6. The smallest absolute Gasteiger partial charge is 0.395 e. The Morgan fingerprint density at radius 1 is 0.886 bits per heavy atom. The molecule has 0 spiro atoms. The third-order valence-corrected chi connectivity index (χ3v) is 7.95. The zero-order valence-corrected chi connectivity index (χ0v) is 22.6. The Labute approximate surface area is 226 Å². The van der Waals surface area contributed by atoms with Gasteiger partial charge in [-0.1, -0.05) is 23.9 Å². The molecule has 4 nitrogen and oxygen atoms in total. The quantitative estimate of drug-likeness (QED) is 0.315. The molecule has 0 amide bonds. The van der Waals surface area contributed by atoms with Crippen molar-refractivity contribution in [2.75, 3.05) is 64.8 Å². The molecule has 1 atom stereocenters. The van der Waals surface area contributed by atoms with E-state index in [1.807, 2.05) is 24.3 Å². The molecule has 35 heavy (non-hydrogen) atoms. The number of benzene rings is 2. The van der Waals surface area contributed by atoms with E-state index in [1.165, 1.54) is 23.9 Å². The van der Waals surface area contributed by atoms with Crippen LogP contribution in [0.15, 0.2) is 52.3 Å². The Bertz CT molecular complexity index is 961. The van der Waals surface area contributed by atoms with Crippen molar-refractivity contribution in [3.05, 3.63) is 48.0 Å². The Morgan fingerprint density at radius 2 is 1.51 bits per heavy atom.